The second-order valence-electron chi connectivity index (χ2n) is 6.01. The fourth-order valence-electron chi connectivity index (χ4n) is 2.39. The molecule has 19 heavy (non-hydrogen) atoms. The zero-order valence-electron chi connectivity index (χ0n) is 11.6. The van der Waals surface area contributed by atoms with E-state index in [9.17, 15) is 8.78 Å². The Morgan fingerprint density at radius 2 is 2.00 bits per heavy atom. The average molecular weight is 278 g/mol. The standard InChI is InChI=1S/C12H25BF2N2O2/c1-11(16,4-2-3-7-13(18)19)5-8-17-9-6-12(14,15)10-17/h18-19H,2-10,16H2,1H3. The summed E-state index contributed by atoms with van der Waals surface area (Å²) in [4.78, 5) is 1.77. The number of hydrogen-bond donors (Lipinski definition) is 3. The van der Waals surface area contributed by atoms with Gasteiger partial charge in [-0.3, -0.25) is 4.90 Å². The molecule has 0 aliphatic carbocycles. The lowest BCUT2D eigenvalue weighted by atomic mass is 9.82. The van der Waals surface area contributed by atoms with Gasteiger partial charge in [-0.15, -0.1) is 0 Å². The summed E-state index contributed by atoms with van der Waals surface area (Å²) in [6, 6.07) is 0. The van der Waals surface area contributed by atoms with E-state index in [4.69, 9.17) is 15.8 Å². The molecule has 0 aromatic heterocycles. The minimum absolute atomic E-state index is 0.0529. The van der Waals surface area contributed by atoms with Gasteiger partial charge in [0.15, 0.2) is 0 Å². The molecule has 112 valence electrons. The van der Waals surface area contributed by atoms with Crippen molar-refractivity contribution >= 4 is 7.12 Å². The second-order valence-corrected chi connectivity index (χ2v) is 6.01. The molecule has 4 nitrogen and oxygen atoms in total. The second kappa shape index (κ2) is 6.97. The summed E-state index contributed by atoms with van der Waals surface area (Å²) in [6.45, 7) is 2.82. The molecule has 0 aromatic carbocycles. The topological polar surface area (TPSA) is 69.7 Å². The fourth-order valence-corrected chi connectivity index (χ4v) is 2.39. The molecule has 1 aliphatic heterocycles. The molecule has 0 radical (unpaired) electrons. The summed E-state index contributed by atoms with van der Waals surface area (Å²) >= 11 is 0. The van der Waals surface area contributed by atoms with E-state index in [-0.39, 0.29) is 18.5 Å². The Morgan fingerprint density at radius 3 is 2.53 bits per heavy atom. The van der Waals surface area contributed by atoms with Crippen LogP contribution in [0, 0.1) is 0 Å². The minimum Gasteiger partial charge on any atom is -0.427 e. The predicted octanol–water partition coefficient (Wildman–Crippen LogP) is 1.08. The Bertz CT molecular complexity index is 278. The van der Waals surface area contributed by atoms with Gasteiger partial charge < -0.3 is 15.8 Å². The first-order valence-corrected chi connectivity index (χ1v) is 6.95. The molecular weight excluding hydrogens is 253 g/mol. The number of unbranched alkanes of at least 4 members (excludes halogenated alkanes) is 1. The first kappa shape index (κ1) is 16.8. The summed E-state index contributed by atoms with van der Waals surface area (Å²) in [5, 5.41) is 17.4. The monoisotopic (exact) mass is 278 g/mol. The van der Waals surface area contributed by atoms with Crippen LogP contribution < -0.4 is 5.73 Å². The summed E-state index contributed by atoms with van der Waals surface area (Å²) < 4.78 is 26.0. The van der Waals surface area contributed by atoms with Gasteiger partial charge in [-0.2, -0.15) is 0 Å². The van der Waals surface area contributed by atoms with E-state index in [1.54, 1.807) is 4.90 Å². The van der Waals surface area contributed by atoms with Crippen molar-refractivity contribution in [1.29, 1.82) is 0 Å². The SMILES string of the molecule is CC(N)(CCCCB(O)O)CCN1CCC(F)(F)C1. The lowest BCUT2D eigenvalue weighted by Crippen LogP contribution is -2.40. The number of rotatable bonds is 8. The zero-order chi connectivity index (χ0) is 14.5. The average Bonchev–Trinajstić information content (AvgIpc) is 2.62. The number of nitrogens with zero attached hydrogens (tertiary/aromatic N) is 1. The first-order valence-electron chi connectivity index (χ1n) is 6.95. The lowest BCUT2D eigenvalue weighted by Gasteiger charge is -2.27. The third-order valence-corrected chi connectivity index (χ3v) is 3.71. The van der Waals surface area contributed by atoms with E-state index in [0.717, 1.165) is 12.8 Å². The number of nitrogens with two attached hydrogens (primary N) is 1. The smallest absolute Gasteiger partial charge is 0.427 e. The number of alkyl halides is 2. The Kier molecular flexibility index (Phi) is 6.17. The van der Waals surface area contributed by atoms with Gasteiger partial charge in [0.25, 0.3) is 5.92 Å². The van der Waals surface area contributed by atoms with E-state index in [2.05, 4.69) is 0 Å². The van der Waals surface area contributed by atoms with Crippen LogP contribution >= 0.6 is 0 Å². The maximum atomic E-state index is 13.0. The number of halogens is 2. The molecule has 1 atom stereocenters. The Morgan fingerprint density at radius 1 is 1.32 bits per heavy atom. The maximum Gasteiger partial charge on any atom is 0.451 e. The predicted molar refractivity (Wildman–Crippen MR) is 72.1 cm³/mol. The molecule has 1 aliphatic rings. The van der Waals surface area contributed by atoms with Crippen LogP contribution in [0.5, 0.6) is 0 Å². The number of likely N-dealkylation sites (tertiary alicyclic amines) is 1. The molecule has 7 heteroatoms. The molecule has 0 saturated carbocycles. The van der Waals surface area contributed by atoms with Crippen molar-refractivity contribution in [3.63, 3.8) is 0 Å². The van der Waals surface area contributed by atoms with E-state index in [1.807, 2.05) is 6.92 Å². The van der Waals surface area contributed by atoms with Crippen molar-refractivity contribution in [1.82, 2.24) is 4.90 Å². The van der Waals surface area contributed by atoms with Crippen molar-refractivity contribution in [3.8, 4) is 0 Å². The van der Waals surface area contributed by atoms with Gasteiger partial charge in [-0.25, -0.2) is 8.78 Å². The quantitative estimate of drug-likeness (QED) is 0.459. The highest BCUT2D eigenvalue weighted by Crippen LogP contribution is 2.27. The fraction of sp³-hybridized carbons (Fsp3) is 1.00. The van der Waals surface area contributed by atoms with Crippen LogP contribution in [0.1, 0.15) is 39.0 Å². The van der Waals surface area contributed by atoms with E-state index < -0.39 is 13.0 Å². The Labute approximate surface area is 114 Å². The van der Waals surface area contributed by atoms with E-state index in [1.165, 1.54) is 0 Å². The summed E-state index contributed by atoms with van der Waals surface area (Å²) in [5.74, 6) is -2.54. The molecule has 0 aromatic rings. The normalized spacial score (nSPS) is 22.4. The third kappa shape index (κ3) is 7.20. The van der Waals surface area contributed by atoms with Gasteiger partial charge in [-0.05, 0) is 26.1 Å². The van der Waals surface area contributed by atoms with Crippen LogP contribution in [0.3, 0.4) is 0 Å². The zero-order valence-corrected chi connectivity index (χ0v) is 11.6. The van der Waals surface area contributed by atoms with Gasteiger partial charge in [0, 0.05) is 25.0 Å². The van der Waals surface area contributed by atoms with Gasteiger partial charge in [0.05, 0.1) is 6.54 Å². The third-order valence-electron chi connectivity index (χ3n) is 3.71. The van der Waals surface area contributed by atoms with E-state index in [0.29, 0.717) is 32.3 Å². The van der Waals surface area contributed by atoms with Crippen LogP contribution in [-0.2, 0) is 0 Å². The summed E-state index contributed by atoms with van der Waals surface area (Å²) in [7, 11) is -1.25. The van der Waals surface area contributed by atoms with Gasteiger partial charge in [-0.1, -0.05) is 12.8 Å². The van der Waals surface area contributed by atoms with E-state index >= 15 is 0 Å². The Balaban J connectivity index is 2.16. The molecular formula is C12H25BF2N2O2. The van der Waals surface area contributed by atoms with Crippen LogP contribution in [0.4, 0.5) is 8.78 Å². The van der Waals surface area contributed by atoms with Crippen molar-refractivity contribution in [2.75, 3.05) is 19.6 Å². The van der Waals surface area contributed by atoms with Crippen LogP contribution in [0.2, 0.25) is 6.32 Å². The molecule has 0 spiro atoms. The highest BCUT2D eigenvalue weighted by molar-refractivity contribution is 6.40. The van der Waals surface area contributed by atoms with Crippen LogP contribution in [0.25, 0.3) is 0 Å². The van der Waals surface area contributed by atoms with Crippen molar-refractivity contribution in [2.45, 2.75) is 56.8 Å². The molecule has 1 saturated heterocycles. The Hall–Kier alpha value is -0.235. The highest BCUT2D eigenvalue weighted by atomic mass is 19.3. The highest BCUT2D eigenvalue weighted by Gasteiger charge is 2.38. The van der Waals surface area contributed by atoms with Crippen molar-refractivity contribution in [2.24, 2.45) is 5.73 Å². The molecule has 1 heterocycles. The minimum atomic E-state index is -2.54. The van der Waals surface area contributed by atoms with Gasteiger partial charge in [0.1, 0.15) is 0 Å². The molecule has 4 N–H and O–H groups in total. The summed E-state index contributed by atoms with van der Waals surface area (Å²) in [5.41, 5.74) is 5.76. The molecule has 0 bridgehead atoms. The molecule has 1 unspecified atom stereocenters. The first-order chi connectivity index (χ1) is 8.70. The largest absolute Gasteiger partial charge is 0.451 e. The molecule has 0 amide bonds. The van der Waals surface area contributed by atoms with Gasteiger partial charge in [0.2, 0.25) is 0 Å². The van der Waals surface area contributed by atoms with Crippen molar-refractivity contribution < 1.29 is 18.8 Å². The molecule has 1 fully saturated rings. The van der Waals surface area contributed by atoms with Crippen LogP contribution in [0.15, 0.2) is 0 Å². The van der Waals surface area contributed by atoms with Crippen molar-refractivity contribution in [3.05, 3.63) is 0 Å². The summed E-state index contributed by atoms with van der Waals surface area (Å²) in [6.07, 6.45) is 3.29. The van der Waals surface area contributed by atoms with Crippen LogP contribution in [-0.4, -0.2) is 53.2 Å². The lowest BCUT2D eigenvalue weighted by molar-refractivity contribution is 0.0116. The number of hydrogen-bond acceptors (Lipinski definition) is 4. The molecule has 1 rings (SSSR count). The maximum absolute atomic E-state index is 13.0. The van der Waals surface area contributed by atoms with Gasteiger partial charge >= 0.3 is 7.12 Å².